The third-order valence-corrected chi connectivity index (χ3v) is 5.58. The van der Waals surface area contributed by atoms with Crippen molar-refractivity contribution < 1.29 is 27.5 Å². The molecule has 0 bridgehead atoms. The molecule has 0 radical (unpaired) electrons. The molecule has 0 spiro atoms. The van der Waals surface area contributed by atoms with Crippen LogP contribution in [-0.4, -0.2) is 39.4 Å². The monoisotopic (exact) mass is 505 g/mol. The molecular weight excluding hydrogens is 483 g/mol. The summed E-state index contributed by atoms with van der Waals surface area (Å²) in [4.78, 5) is 24.9. The molecule has 35 heavy (non-hydrogen) atoms. The van der Waals surface area contributed by atoms with Crippen LogP contribution in [0.5, 0.6) is 5.75 Å². The number of thioether (sulfide) groups is 1. The number of nitrogens with one attached hydrogen (secondary N) is 2. The molecule has 184 valence electrons. The number of allylic oxidation sites excluding steroid dienone is 1. The van der Waals surface area contributed by atoms with Gasteiger partial charge in [-0.2, -0.15) is 13.2 Å². The molecular formula is C23H22F3N5O3S. The van der Waals surface area contributed by atoms with E-state index >= 15 is 0 Å². The molecule has 2 N–H and O–H groups in total. The summed E-state index contributed by atoms with van der Waals surface area (Å²) in [6.07, 6.45) is -3.00. The number of carbonyl (C=O) groups excluding carboxylic acids is 2. The van der Waals surface area contributed by atoms with Crippen LogP contribution in [0.1, 0.15) is 11.4 Å². The van der Waals surface area contributed by atoms with Crippen molar-refractivity contribution in [2.24, 2.45) is 0 Å². The van der Waals surface area contributed by atoms with Crippen LogP contribution in [0.3, 0.4) is 0 Å². The van der Waals surface area contributed by atoms with E-state index in [4.69, 9.17) is 4.74 Å². The van der Waals surface area contributed by atoms with Crippen molar-refractivity contribution in [3.8, 4) is 5.75 Å². The second kappa shape index (κ2) is 11.6. The van der Waals surface area contributed by atoms with Crippen LogP contribution in [0.25, 0.3) is 0 Å². The number of anilines is 2. The van der Waals surface area contributed by atoms with Crippen molar-refractivity contribution >= 4 is 35.0 Å². The zero-order chi connectivity index (χ0) is 25.4. The van der Waals surface area contributed by atoms with Crippen molar-refractivity contribution in [2.75, 3.05) is 23.5 Å². The molecule has 0 aliphatic rings. The third kappa shape index (κ3) is 7.09. The van der Waals surface area contributed by atoms with E-state index in [1.807, 2.05) is 0 Å². The Kier molecular flexibility index (Phi) is 8.53. The number of benzene rings is 2. The number of alkyl halides is 3. The average Bonchev–Trinajstić information content (AvgIpc) is 3.19. The van der Waals surface area contributed by atoms with Gasteiger partial charge in [-0.05, 0) is 30.3 Å². The Bertz CT molecular complexity index is 1210. The number of aromatic nitrogens is 3. The SMILES string of the molecule is C=CCn1c(CC(=O)Nc2ccccc2OC)nnc1SCC(=O)Nc1cccc(C(F)(F)F)c1. The van der Waals surface area contributed by atoms with E-state index in [2.05, 4.69) is 27.4 Å². The minimum Gasteiger partial charge on any atom is -0.495 e. The fourth-order valence-corrected chi connectivity index (χ4v) is 3.82. The van der Waals surface area contributed by atoms with E-state index in [0.29, 0.717) is 29.0 Å². The first-order valence-electron chi connectivity index (χ1n) is 10.3. The topological polar surface area (TPSA) is 98.1 Å². The van der Waals surface area contributed by atoms with Crippen LogP contribution in [0.15, 0.2) is 66.3 Å². The van der Waals surface area contributed by atoms with Gasteiger partial charge in [0.05, 0.1) is 30.5 Å². The Morgan fingerprint density at radius 3 is 2.60 bits per heavy atom. The molecule has 0 atom stereocenters. The number of hydrogen-bond acceptors (Lipinski definition) is 6. The summed E-state index contributed by atoms with van der Waals surface area (Å²) >= 11 is 1.04. The van der Waals surface area contributed by atoms with Gasteiger partial charge in [-0.15, -0.1) is 16.8 Å². The minimum absolute atomic E-state index is 0.0340. The van der Waals surface area contributed by atoms with Gasteiger partial charge in [0.15, 0.2) is 5.16 Å². The van der Waals surface area contributed by atoms with Crippen molar-refractivity contribution in [1.82, 2.24) is 14.8 Å². The highest BCUT2D eigenvalue weighted by atomic mass is 32.2. The molecule has 0 saturated carbocycles. The minimum atomic E-state index is -4.51. The van der Waals surface area contributed by atoms with Crippen molar-refractivity contribution in [1.29, 1.82) is 0 Å². The average molecular weight is 506 g/mol. The van der Waals surface area contributed by atoms with E-state index in [9.17, 15) is 22.8 Å². The van der Waals surface area contributed by atoms with E-state index in [1.54, 1.807) is 34.9 Å². The summed E-state index contributed by atoms with van der Waals surface area (Å²) in [6, 6.07) is 11.3. The normalized spacial score (nSPS) is 11.1. The van der Waals surface area contributed by atoms with Crippen LogP contribution >= 0.6 is 11.8 Å². The van der Waals surface area contributed by atoms with Crippen LogP contribution in [0.4, 0.5) is 24.5 Å². The van der Waals surface area contributed by atoms with Gasteiger partial charge in [0.2, 0.25) is 11.8 Å². The molecule has 8 nitrogen and oxygen atoms in total. The van der Waals surface area contributed by atoms with Gasteiger partial charge in [-0.3, -0.25) is 9.59 Å². The van der Waals surface area contributed by atoms with Gasteiger partial charge in [0.1, 0.15) is 11.6 Å². The number of methoxy groups -OCH3 is 1. The molecule has 0 aliphatic heterocycles. The van der Waals surface area contributed by atoms with Gasteiger partial charge < -0.3 is 19.9 Å². The first kappa shape index (κ1) is 25.8. The smallest absolute Gasteiger partial charge is 0.416 e. The van der Waals surface area contributed by atoms with E-state index in [1.165, 1.54) is 19.2 Å². The molecule has 12 heteroatoms. The Labute approximate surface area is 203 Å². The predicted octanol–water partition coefficient (Wildman–Crippen LogP) is 4.40. The third-order valence-electron chi connectivity index (χ3n) is 4.61. The summed E-state index contributed by atoms with van der Waals surface area (Å²) in [6.45, 7) is 3.99. The molecule has 1 heterocycles. The van der Waals surface area contributed by atoms with Gasteiger partial charge >= 0.3 is 6.18 Å². The maximum absolute atomic E-state index is 12.9. The van der Waals surface area contributed by atoms with Crippen LogP contribution in [0.2, 0.25) is 0 Å². The largest absolute Gasteiger partial charge is 0.495 e. The number of amides is 2. The number of para-hydroxylation sites is 2. The van der Waals surface area contributed by atoms with Gasteiger partial charge in [-0.25, -0.2) is 0 Å². The van der Waals surface area contributed by atoms with Gasteiger partial charge in [0.25, 0.3) is 0 Å². The van der Waals surface area contributed by atoms with Crippen LogP contribution < -0.4 is 15.4 Å². The summed E-state index contributed by atoms with van der Waals surface area (Å²) in [5.41, 5.74) is -0.313. The molecule has 0 aliphatic carbocycles. The lowest BCUT2D eigenvalue weighted by molar-refractivity contribution is -0.137. The molecule has 0 unspecified atom stereocenters. The highest BCUT2D eigenvalue weighted by molar-refractivity contribution is 7.99. The molecule has 2 aromatic carbocycles. The summed E-state index contributed by atoms with van der Waals surface area (Å²) in [5.74, 6) is -0.114. The van der Waals surface area contributed by atoms with Crippen molar-refractivity contribution in [3.05, 3.63) is 72.6 Å². The first-order chi connectivity index (χ1) is 16.7. The molecule has 3 aromatic rings. The number of rotatable bonds is 10. The first-order valence-corrected chi connectivity index (χ1v) is 11.3. The lowest BCUT2D eigenvalue weighted by atomic mass is 10.2. The van der Waals surface area contributed by atoms with Crippen LogP contribution in [0, 0.1) is 0 Å². The van der Waals surface area contributed by atoms with Crippen LogP contribution in [-0.2, 0) is 28.7 Å². The number of halogens is 3. The van der Waals surface area contributed by atoms with E-state index in [-0.39, 0.29) is 23.8 Å². The Hall–Kier alpha value is -3.80. The maximum Gasteiger partial charge on any atom is 0.416 e. The quantitative estimate of drug-likeness (QED) is 0.313. The highest BCUT2D eigenvalue weighted by Gasteiger charge is 2.30. The van der Waals surface area contributed by atoms with E-state index < -0.39 is 17.6 Å². The second-order valence-electron chi connectivity index (χ2n) is 7.14. The zero-order valence-corrected chi connectivity index (χ0v) is 19.4. The summed E-state index contributed by atoms with van der Waals surface area (Å²) in [5, 5.41) is 13.7. The fourth-order valence-electron chi connectivity index (χ4n) is 3.06. The fraction of sp³-hybridized carbons (Fsp3) is 0.217. The predicted molar refractivity (Wildman–Crippen MR) is 126 cm³/mol. The lowest BCUT2D eigenvalue weighted by Crippen LogP contribution is -2.18. The maximum atomic E-state index is 12.9. The van der Waals surface area contributed by atoms with E-state index in [0.717, 1.165) is 23.9 Å². The number of hydrogen-bond donors (Lipinski definition) is 2. The summed E-state index contributed by atoms with van der Waals surface area (Å²) < 4.78 is 45.5. The van der Waals surface area contributed by atoms with Crippen molar-refractivity contribution in [2.45, 2.75) is 24.3 Å². The highest BCUT2D eigenvalue weighted by Crippen LogP contribution is 2.30. The lowest BCUT2D eigenvalue weighted by Gasteiger charge is -2.11. The zero-order valence-electron chi connectivity index (χ0n) is 18.6. The number of carbonyl (C=O) groups is 2. The Morgan fingerprint density at radius 2 is 1.89 bits per heavy atom. The molecule has 0 fully saturated rings. The standard InChI is InChI=1S/C23H22F3N5O3S/c1-3-11-31-19(13-20(32)28-17-9-4-5-10-18(17)34-2)29-30-22(31)35-14-21(33)27-16-8-6-7-15(12-16)23(24,25)26/h3-10,12H,1,11,13-14H2,2H3,(H,27,33)(H,28,32). The number of ether oxygens (including phenoxy) is 1. The summed E-state index contributed by atoms with van der Waals surface area (Å²) in [7, 11) is 1.50. The Balaban J connectivity index is 1.63. The Morgan fingerprint density at radius 1 is 1.11 bits per heavy atom. The molecule has 3 rings (SSSR count). The molecule has 2 amide bonds. The molecule has 0 saturated heterocycles. The second-order valence-corrected chi connectivity index (χ2v) is 8.08. The number of nitrogens with zero attached hydrogens (tertiary/aromatic N) is 3. The van der Waals surface area contributed by atoms with Gasteiger partial charge in [0, 0.05) is 12.2 Å². The van der Waals surface area contributed by atoms with Crippen molar-refractivity contribution in [3.63, 3.8) is 0 Å². The molecule has 1 aromatic heterocycles. The van der Waals surface area contributed by atoms with Gasteiger partial charge in [-0.1, -0.05) is 36.0 Å².